The SMILES string of the molecule is COc1c(F)cc(S(=O)(=O)O)cc1Nc1ncnc(Nc2cc(S(=O)(=O)O)cc(F)c2OC)n1. The normalized spacial score (nSPS) is 11.7. The Bertz CT molecular complexity index is 1360. The van der Waals surface area contributed by atoms with E-state index in [1.54, 1.807) is 0 Å². The first-order chi connectivity index (χ1) is 15.8. The predicted molar refractivity (Wildman–Crippen MR) is 112 cm³/mol. The van der Waals surface area contributed by atoms with Crippen molar-refractivity contribution in [3.05, 3.63) is 42.2 Å². The summed E-state index contributed by atoms with van der Waals surface area (Å²) in [4.78, 5) is 9.95. The Kier molecular flexibility index (Phi) is 6.82. The molecular formula is C17H15F2N5O8S2. The molecule has 0 bridgehead atoms. The van der Waals surface area contributed by atoms with Crippen LogP contribution in [0.1, 0.15) is 0 Å². The van der Waals surface area contributed by atoms with Gasteiger partial charge in [-0.3, -0.25) is 9.11 Å². The van der Waals surface area contributed by atoms with E-state index in [-0.39, 0.29) is 23.3 Å². The Hall–Kier alpha value is -3.67. The van der Waals surface area contributed by atoms with Gasteiger partial charge in [0.2, 0.25) is 11.9 Å². The molecule has 0 saturated carbocycles. The minimum Gasteiger partial charge on any atom is -0.492 e. The van der Waals surface area contributed by atoms with Gasteiger partial charge in [-0.15, -0.1) is 0 Å². The molecule has 0 spiro atoms. The van der Waals surface area contributed by atoms with Gasteiger partial charge >= 0.3 is 0 Å². The van der Waals surface area contributed by atoms with Crippen LogP contribution in [-0.4, -0.2) is 55.1 Å². The minimum absolute atomic E-state index is 0.274. The molecule has 0 aliphatic heterocycles. The van der Waals surface area contributed by atoms with Gasteiger partial charge in [-0.25, -0.2) is 18.7 Å². The maximum atomic E-state index is 14.2. The number of ether oxygens (including phenoxy) is 2. The van der Waals surface area contributed by atoms with Gasteiger partial charge in [0, 0.05) is 0 Å². The summed E-state index contributed by atoms with van der Waals surface area (Å²) in [6.45, 7) is 0. The molecule has 0 fully saturated rings. The molecule has 0 amide bonds. The molecule has 0 aliphatic carbocycles. The van der Waals surface area contributed by atoms with Gasteiger partial charge in [0.15, 0.2) is 23.1 Å². The number of methoxy groups -OCH3 is 2. The lowest BCUT2D eigenvalue weighted by molar-refractivity contribution is 0.387. The Morgan fingerprint density at radius 3 is 1.47 bits per heavy atom. The third kappa shape index (κ3) is 5.45. The monoisotopic (exact) mass is 519 g/mol. The standard InChI is InChI=1S/C17H15F2N5O8S2/c1-31-14-10(18)3-8(33(25,26)27)5-12(14)22-16-20-7-21-17(24-16)23-13-6-9(34(28,29)30)4-11(19)15(13)32-2/h3-7H,1-2H3,(H,25,26,27)(H,28,29,30)(H2,20,21,22,23,24). The summed E-state index contributed by atoms with van der Waals surface area (Å²) in [6.07, 6.45) is 0.961. The third-order valence-corrected chi connectivity index (χ3v) is 5.77. The maximum Gasteiger partial charge on any atom is 0.294 e. The third-order valence-electron chi connectivity index (χ3n) is 4.10. The van der Waals surface area contributed by atoms with Crippen LogP contribution in [-0.2, 0) is 20.2 Å². The van der Waals surface area contributed by atoms with Crippen molar-refractivity contribution in [3.63, 3.8) is 0 Å². The van der Waals surface area contributed by atoms with Crippen molar-refractivity contribution in [3.8, 4) is 11.5 Å². The van der Waals surface area contributed by atoms with E-state index in [4.69, 9.17) is 9.47 Å². The van der Waals surface area contributed by atoms with E-state index >= 15 is 0 Å². The second kappa shape index (κ2) is 9.29. The summed E-state index contributed by atoms with van der Waals surface area (Å²) in [5, 5.41) is 4.99. The summed E-state index contributed by atoms with van der Waals surface area (Å²) in [5.41, 5.74) is -0.548. The zero-order chi connectivity index (χ0) is 25.3. The van der Waals surface area contributed by atoms with Gasteiger partial charge < -0.3 is 20.1 Å². The molecule has 13 nitrogen and oxygen atoms in total. The summed E-state index contributed by atoms with van der Waals surface area (Å²) in [5.74, 6) is -3.65. The minimum atomic E-state index is -4.76. The number of hydrogen-bond acceptors (Lipinski definition) is 11. The van der Waals surface area contributed by atoms with Crippen molar-refractivity contribution in [2.75, 3.05) is 24.9 Å². The number of rotatable bonds is 8. The van der Waals surface area contributed by atoms with E-state index in [0.29, 0.717) is 12.1 Å². The van der Waals surface area contributed by atoms with Crippen LogP contribution in [0.25, 0.3) is 0 Å². The highest BCUT2D eigenvalue weighted by Gasteiger charge is 2.21. The van der Waals surface area contributed by atoms with Crippen LogP contribution in [0.5, 0.6) is 11.5 Å². The number of hydrogen-bond donors (Lipinski definition) is 4. The zero-order valence-corrected chi connectivity index (χ0v) is 18.8. The summed E-state index contributed by atoms with van der Waals surface area (Å²) in [7, 11) is -7.30. The Labute approximate surface area is 191 Å². The fourth-order valence-corrected chi connectivity index (χ4v) is 3.73. The predicted octanol–water partition coefficient (Wildman–Crippen LogP) is 2.15. The lowest BCUT2D eigenvalue weighted by atomic mass is 10.2. The Balaban J connectivity index is 2.01. The first kappa shape index (κ1) is 25.0. The van der Waals surface area contributed by atoms with Crippen LogP contribution in [0.4, 0.5) is 32.1 Å². The van der Waals surface area contributed by atoms with Crippen molar-refractivity contribution in [2.24, 2.45) is 0 Å². The molecule has 0 radical (unpaired) electrons. The van der Waals surface area contributed by atoms with E-state index in [2.05, 4.69) is 25.6 Å². The summed E-state index contributed by atoms with van der Waals surface area (Å²) >= 11 is 0. The highest BCUT2D eigenvalue weighted by molar-refractivity contribution is 7.86. The number of halogens is 2. The van der Waals surface area contributed by atoms with Crippen molar-refractivity contribution >= 4 is 43.5 Å². The van der Waals surface area contributed by atoms with Gasteiger partial charge in [0.1, 0.15) is 6.33 Å². The molecule has 3 rings (SSSR count). The van der Waals surface area contributed by atoms with E-state index < -0.39 is 53.2 Å². The van der Waals surface area contributed by atoms with Crippen molar-refractivity contribution < 1.29 is 44.2 Å². The summed E-state index contributed by atoms with van der Waals surface area (Å²) < 4.78 is 102. The topological polar surface area (TPSA) is 190 Å². The highest BCUT2D eigenvalue weighted by atomic mass is 32.2. The highest BCUT2D eigenvalue weighted by Crippen LogP contribution is 2.34. The van der Waals surface area contributed by atoms with Gasteiger partial charge in [0.25, 0.3) is 20.2 Å². The molecule has 0 aliphatic rings. The van der Waals surface area contributed by atoms with Crippen molar-refractivity contribution in [1.82, 2.24) is 15.0 Å². The largest absolute Gasteiger partial charge is 0.492 e. The van der Waals surface area contributed by atoms with Crippen LogP contribution >= 0.6 is 0 Å². The van der Waals surface area contributed by atoms with Gasteiger partial charge in [-0.1, -0.05) is 0 Å². The molecule has 182 valence electrons. The fraction of sp³-hybridized carbons (Fsp3) is 0.118. The number of benzene rings is 2. The number of aromatic nitrogens is 3. The molecule has 34 heavy (non-hydrogen) atoms. The van der Waals surface area contributed by atoms with Gasteiger partial charge in [-0.05, 0) is 24.3 Å². The molecular weight excluding hydrogens is 504 g/mol. The quantitative estimate of drug-likeness (QED) is 0.317. The second-order valence-electron chi connectivity index (χ2n) is 6.30. The molecule has 17 heteroatoms. The van der Waals surface area contributed by atoms with E-state index in [9.17, 15) is 34.7 Å². The maximum absolute atomic E-state index is 14.2. The molecule has 0 unspecified atom stereocenters. The van der Waals surface area contributed by atoms with Crippen LogP contribution < -0.4 is 20.1 Å². The van der Waals surface area contributed by atoms with Gasteiger partial charge in [0.05, 0.1) is 35.4 Å². The summed E-state index contributed by atoms with van der Waals surface area (Å²) in [6, 6.07) is 2.82. The van der Waals surface area contributed by atoms with E-state index in [0.717, 1.165) is 32.7 Å². The smallest absolute Gasteiger partial charge is 0.294 e. The number of nitrogens with one attached hydrogen (secondary N) is 2. The first-order valence-corrected chi connectivity index (χ1v) is 11.6. The second-order valence-corrected chi connectivity index (χ2v) is 9.15. The average molecular weight is 519 g/mol. The molecule has 2 aromatic carbocycles. The van der Waals surface area contributed by atoms with Crippen molar-refractivity contribution in [2.45, 2.75) is 9.79 Å². The fourth-order valence-electron chi connectivity index (χ4n) is 2.69. The van der Waals surface area contributed by atoms with Crippen LogP contribution in [0, 0.1) is 11.6 Å². The molecule has 1 aromatic heterocycles. The molecule has 3 aromatic rings. The Morgan fingerprint density at radius 1 is 0.765 bits per heavy atom. The van der Waals surface area contributed by atoms with E-state index in [1.807, 2.05) is 0 Å². The first-order valence-electron chi connectivity index (χ1n) is 8.76. The van der Waals surface area contributed by atoms with Gasteiger partial charge in [-0.2, -0.15) is 21.8 Å². The van der Waals surface area contributed by atoms with Crippen LogP contribution in [0.3, 0.4) is 0 Å². The average Bonchev–Trinajstić information content (AvgIpc) is 2.72. The molecule has 4 N–H and O–H groups in total. The molecule has 0 atom stereocenters. The molecule has 0 saturated heterocycles. The Morgan fingerprint density at radius 2 is 1.15 bits per heavy atom. The van der Waals surface area contributed by atoms with E-state index in [1.165, 1.54) is 0 Å². The molecule has 1 heterocycles. The van der Waals surface area contributed by atoms with Crippen LogP contribution in [0.2, 0.25) is 0 Å². The van der Waals surface area contributed by atoms with Crippen LogP contribution in [0.15, 0.2) is 40.4 Å². The zero-order valence-electron chi connectivity index (χ0n) is 17.1. The lowest BCUT2D eigenvalue weighted by Crippen LogP contribution is -2.08. The lowest BCUT2D eigenvalue weighted by Gasteiger charge is -2.14. The number of nitrogens with zero attached hydrogens (tertiary/aromatic N) is 3. The number of anilines is 4. The van der Waals surface area contributed by atoms with Crippen molar-refractivity contribution in [1.29, 1.82) is 0 Å².